The second-order valence-corrected chi connectivity index (χ2v) is 5.18. The summed E-state index contributed by atoms with van der Waals surface area (Å²) in [5, 5.41) is 6.60. The number of benzene rings is 1. The Morgan fingerprint density at radius 2 is 1.95 bits per heavy atom. The minimum Gasteiger partial charge on any atom is -0.383 e. The van der Waals surface area contributed by atoms with Gasteiger partial charge in [0.05, 0.1) is 6.61 Å². The summed E-state index contributed by atoms with van der Waals surface area (Å²) in [7, 11) is 7.69. The molecule has 0 aromatic heterocycles. The molecule has 118 valence electrons. The van der Waals surface area contributed by atoms with Gasteiger partial charge >= 0.3 is 0 Å². The van der Waals surface area contributed by atoms with Crippen LogP contribution in [0.4, 0.5) is 0 Å². The van der Waals surface area contributed by atoms with Crippen molar-refractivity contribution in [3.8, 4) is 0 Å². The second-order valence-electron chi connectivity index (χ2n) is 5.18. The van der Waals surface area contributed by atoms with E-state index in [2.05, 4.69) is 58.9 Å². The highest BCUT2D eigenvalue weighted by molar-refractivity contribution is 5.79. The molecule has 0 aliphatic rings. The van der Waals surface area contributed by atoms with Crippen LogP contribution < -0.4 is 10.6 Å². The summed E-state index contributed by atoms with van der Waals surface area (Å²) in [6, 6.07) is 11.0. The lowest BCUT2D eigenvalue weighted by Crippen LogP contribution is -2.46. The van der Waals surface area contributed by atoms with Gasteiger partial charge in [-0.3, -0.25) is 4.99 Å². The van der Waals surface area contributed by atoms with Gasteiger partial charge in [-0.15, -0.1) is 0 Å². The van der Waals surface area contributed by atoms with Crippen LogP contribution in [0.2, 0.25) is 0 Å². The molecule has 0 spiro atoms. The van der Waals surface area contributed by atoms with Gasteiger partial charge in [-0.1, -0.05) is 30.3 Å². The van der Waals surface area contributed by atoms with E-state index in [1.165, 1.54) is 5.56 Å². The molecule has 2 N–H and O–H groups in total. The summed E-state index contributed by atoms with van der Waals surface area (Å²) < 4.78 is 5.03. The van der Waals surface area contributed by atoms with Gasteiger partial charge < -0.3 is 20.3 Å². The van der Waals surface area contributed by atoms with Crippen LogP contribution in [0.25, 0.3) is 0 Å². The zero-order valence-electron chi connectivity index (χ0n) is 13.6. The van der Waals surface area contributed by atoms with Crippen LogP contribution in [0.15, 0.2) is 35.3 Å². The van der Waals surface area contributed by atoms with E-state index >= 15 is 0 Å². The molecule has 1 rings (SSSR count). The summed E-state index contributed by atoms with van der Waals surface area (Å²) in [5.41, 5.74) is 1.35. The van der Waals surface area contributed by atoms with Crippen molar-refractivity contribution in [1.29, 1.82) is 0 Å². The Labute approximate surface area is 128 Å². The molecule has 0 amide bonds. The minimum absolute atomic E-state index is 0.411. The van der Waals surface area contributed by atoms with Crippen molar-refractivity contribution < 1.29 is 4.74 Å². The first-order valence-corrected chi connectivity index (χ1v) is 7.31. The van der Waals surface area contributed by atoms with Crippen molar-refractivity contribution in [1.82, 2.24) is 15.5 Å². The van der Waals surface area contributed by atoms with E-state index < -0.39 is 0 Å². The molecule has 0 saturated carbocycles. The van der Waals surface area contributed by atoms with Gasteiger partial charge in [-0.2, -0.15) is 0 Å². The highest BCUT2D eigenvalue weighted by Gasteiger charge is 2.12. The van der Waals surface area contributed by atoms with Crippen LogP contribution >= 0.6 is 0 Å². The van der Waals surface area contributed by atoms with Crippen molar-refractivity contribution in [2.75, 3.05) is 47.9 Å². The number of likely N-dealkylation sites (N-methyl/N-ethyl adjacent to an activating group) is 1. The van der Waals surface area contributed by atoms with Gasteiger partial charge in [0.1, 0.15) is 0 Å². The molecule has 0 radical (unpaired) electrons. The maximum atomic E-state index is 5.03. The van der Waals surface area contributed by atoms with Gasteiger partial charge in [0.25, 0.3) is 0 Å². The zero-order valence-corrected chi connectivity index (χ0v) is 13.6. The van der Waals surface area contributed by atoms with Crippen LogP contribution in [0, 0.1) is 0 Å². The Bertz CT molecular complexity index is 406. The maximum Gasteiger partial charge on any atom is 0.191 e. The fourth-order valence-electron chi connectivity index (χ4n) is 2.03. The number of aliphatic imine (C=N–C) groups is 1. The fraction of sp³-hybridized carbons (Fsp3) is 0.562. The molecule has 0 aliphatic carbocycles. The Balaban J connectivity index is 2.47. The number of rotatable bonds is 8. The quantitative estimate of drug-likeness (QED) is 0.426. The first kappa shape index (κ1) is 17.5. The molecular weight excluding hydrogens is 264 g/mol. The van der Waals surface area contributed by atoms with E-state index in [1.807, 2.05) is 6.07 Å². The minimum atomic E-state index is 0.411. The van der Waals surface area contributed by atoms with E-state index in [0.717, 1.165) is 25.5 Å². The number of nitrogens with one attached hydrogen (secondary N) is 2. The molecule has 0 heterocycles. The molecule has 21 heavy (non-hydrogen) atoms. The molecular formula is C16H28N4O. The van der Waals surface area contributed by atoms with E-state index in [4.69, 9.17) is 4.74 Å². The average Bonchev–Trinajstić information content (AvgIpc) is 2.50. The van der Waals surface area contributed by atoms with Crippen molar-refractivity contribution in [2.45, 2.75) is 12.5 Å². The largest absolute Gasteiger partial charge is 0.383 e. The predicted octanol–water partition coefficient (Wildman–Crippen LogP) is 0.971. The van der Waals surface area contributed by atoms with Gasteiger partial charge in [0, 0.05) is 33.3 Å². The molecule has 0 bridgehead atoms. The van der Waals surface area contributed by atoms with E-state index in [9.17, 15) is 0 Å². The standard InChI is InChI=1S/C16H28N4O/c1-17-16(18-10-11-21-4)19-13-15(20(2)3)12-14-8-6-5-7-9-14/h5-9,15H,10-13H2,1-4H3,(H2,17,18,19). The molecule has 0 fully saturated rings. The SMILES string of the molecule is CN=C(NCCOC)NCC(Cc1ccccc1)N(C)C. The molecule has 1 unspecified atom stereocenters. The van der Waals surface area contributed by atoms with Crippen LogP contribution in [0.5, 0.6) is 0 Å². The smallest absolute Gasteiger partial charge is 0.191 e. The third-order valence-corrected chi connectivity index (χ3v) is 3.37. The Hall–Kier alpha value is -1.59. The fourth-order valence-corrected chi connectivity index (χ4v) is 2.03. The van der Waals surface area contributed by atoms with Crippen LogP contribution in [0.1, 0.15) is 5.56 Å². The monoisotopic (exact) mass is 292 g/mol. The number of nitrogens with zero attached hydrogens (tertiary/aromatic N) is 2. The molecule has 1 aromatic rings. The highest BCUT2D eigenvalue weighted by Crippen LogP contribution is 2.06. The van der Waals surface area contributed by atoms with Crippen LogP contribution in [-0.4, -0.2) is 64.9 Å². The highest BCUT2D eigenvalue weighted by atomic mass is 16.5. The lowest BCUT2D eigenvalue weighted by Gasteiger charge is -2.25. The topological polar surface area (TPSA) is 48.9 Å². The summed E-state index contributed by atoms with van der Waals surface area (Å²) in [4.78, 5) is 6.46. The second kappa shape index (κ2) is 10.2. The Morgan fingerprint density at radius 3 is 2.52 bits per heavy atom. The molecule has 1 atom stereocenters. The summed E-state index contributed by atoms with van der Waals surface area (Å²) in [6.45, 7) is 2.26. The van der Waals surface area contributed by atoms with Crippen molar-refractivity contribution in [3.63, 3.8) is 0 Å². The normalized spacial score (nSPS) is 13.3. The Kier molecular flexibility index (Phi) is 8.47. The number of hydrogen-bond acceptors (Lipinski definition) is 3. The lowest BCUT2D eigenvalue weighted by atomic mass is 10.1. The van der Waals surface area contributed by atoms with Crippen molar-refractivity contribution in [2.24, 2.45) is 4.99 Å². The zero-order chi connectivity index (χ0) is 15.5. The molecule has 0 saturated heterocycles. The predicted molar refractivity (Wildman–Crippen MR) is 88.9 cm³/mol. The number of hydrogen-bond donors (Lipinski definition) is 2. The number of guanidine groups is 1. The summed E-state index contributed by atoms with van der Waals surface area (Å²) in [5.74, 6) is 0.812. The first-order valence-electron chi connectivity index (χ1n) is 7.31. The third-order valence-electron chi connectivity index (χ3n) is 3.37. The third kappa shape index (κ3) is 7.11. The lowest BCUT2D eigenvalue weighted by molar-refractivity contribution is 0.203. The van der Waals surface area contributed by atoms with E-state index in [1.54, 1.807) is 14.2 Å². The van der Waals surface area contributed by atoms with Gasteiger partial charge in [0.2, 0.25) is 0 Å². The van der Waals surface area contributed by atoms with E-state index in [0.29, 0.717) is 12.6 Å². The maximum absolute atomic E-state index is 5.03. The van der Waals surface area contributed by atoms with Crippen LogP contribution in [0.3, 0.4) is 0 Å². The van der Waals surface area contributed by atoms with Crippen molar-refractivity contribution >= 4 is 5.96 Å². The van der Waals surface area contributed by atoms with Gasteiger partial charge in [-0.25, -0.2) is 0 Å². The van der Waals surface area contributed by atoms with Gasteiger partial charge in [0.15, 0.2) is 5.96 Å². The molecule has 1 aromatic carbocycles. The summed E-state index contributed by atoms with van der Waals surface area (Å²) in [6.07, 6.45) is 1.01. The van der Waals surface area contributed by atoms with Crippen molar-refractivity contribution in [3.05, 3.63) is 35.9 Å². The molecule has 5 nitrogen and oxygen atoms in total. The molecule has 5 heteroatoms. The van der Waals surface area contributed by atoms with Crippen LogP contribution in [-0.2, 0) is 11.2 Å². The van der Waals surface area contributed by atoms with Gasteiger partial charge in [-0.05, 0) is 26.1 Å². The first-order chi connectivity index (χ1) is 10.2. The number of ether oxygens (including phenoxy) is 1. The Morgan fingerprint density at radius 1 is 1.24 bits per heavy atom. The molecule has 0 aliphatic heterocycles. The average molecular weight is 292 g/mol. The van der Waals surface area contributed by atoms with E-state index in [-0.39, 0.29) is 0 Å². The summed E-state index contributed by atoms with van der Waals surface area (Å²) >= 11 is 0. The number of methoxy groups -OCH3 is 1.